The van der Waals surface area contributed by atoms with Crippen molar-refractivity contribution >= 4 is 0 Å². The fourth-order valence-electron chi connectivity index (χ4n) is 1.45. The Bertz CT molecular complexity index is 266. The lowest BCUT2D eigenvalue weighted by molar-refractivity contribution is 0.288. The molecule has 17 heavy (non-hydrogen) atoms. The number of hydrogen-bond donors (Lipinski definition) is 0. The van der Waals surface area contributed by atoms with E-state index in [1.54, 1.807) is 0 Å². The summed E-state index contributed by atoms with van der Waals surface area (Å²) < 4.78 is 5.50. The summed E-state index contributed by atoms with van der Waals surface area (Å²) in [4.78, 5) is 0. The lowest BCUT2D eigenvalue weighted by Gasteiger charge is -2.16. The zero-order valence-corrected chi connectivity index (χ0v) is 12.8. The first-order chi connectivity index (χ1) is 8.36. The van der Waals surface area contributed by atoms with Crippen LogP contribution in [0, 0.1) is 6.92 Å². The van der Waals surface area contributed by atoms with Crippen molar-refractivity contribution in [2.24, 2.45) is 0 Å². The van der Waals surface area contributed by atoms with Crippen molar-refractivity contribution in [2.45, 2.75) is 61.3 Å². The minimum absolute atomic E-state index is 0.885. The van der Waals surface area contributed by atoms with Gasteiger partial charge in [0.15, 0.2) is 0 Å². The van der Waals surface area contributed by atoms with Gasteiger partial charge in [-0.25, -0.2) is 0 Å². The summed E-state index contributed by atoms with van der Waals surface area (Å²) in [6, 6.07) is 6.44. The minimum atomic E-state index is 0.885. The number of aryl methyl sites for hydroxylation is 2. The van der Waals surface area contributed by atoms with Crippen molar-refractivity contribution in [1.82, 2.24) is 0 Å². The van der Waals surface area contributed by atoms with Gasteiger partial charge in [0.2, 0.25) is 0 Å². The molecular formula is C16H30O. The molecule has 0 unspecified atom stereocenters. The van der Waals surface area contributed by atoms with Crippen molar-refractivity contribution in [2.75, 3.05) is 6.61 Å². The van der Waals surface area contributed by atoms with Gasteiger partial charge in [-0.3, -0.25) is 0 Å². The number of hydrogen-bond acceptors (Lipinski definition) is 1. The molecule has 1 heterocycles. The molecule has 0 saturated heterocycles. The summed E-state index contributed by atoms with van der Waals surface area (Å²) in [5.74, 6) is 1.09. The number of benzene rings is 1. The molecule has 1 heteroatoms. The maximum Gasteiger partial charge on any atom is 0.122 e. The van der Waals surface area contributed by atoms with Crippen LogP contribution in [0.1, 0.15) is 59.1 Å². The van der Waals surface area contributed by atoms with Gasteiger partial charge in [-0.15, -0.1) is 0 Å². The van der Waals surface area contributed by atoms with E-state index in [0.717, 1.165) is 18.8 Å². The number of ether oxygens (including phenoxy) is 1. The second kappa shape index (κ2) is 13.1. The number of rotatable bonds is 0. The van der Waals surface area contributed by atoms with E-state index in [1.807, 2.05) is 41.5 Å². The molecule has 1 aromatic rings. The van der Waals surface area contributed by atoms with Crippen LogP contribution in [0.5, 0.6) is 5.75 Å². The van der Waals surface area contributed by atoms with E-state index in [0.29, 0.717) is 0 Å². The SMILES string of the molecule is CC.CC.CC.Cc1ccc2c(c1)OCCC2. The van der Waals surface area contributed by atoms with Crippen LogP contribution in [0.25, 0.3) is 0 Å². The van der Waals surface area contributed by atoms with Crippen LogP contribution >= 0.6 is 0 Å². The summed E-state index contributed by atoms with van der Waals surface area (Å²) >= 11 is 0. The van der Waals surface area contributed by atoms with Crippen LogP contribution in [0.3, 0.4) is 0 Å². The second-order valence-corrected chi connectivity index (χ2v) is 3.06. The predicted octanol–water partition coefficient (Wildman–Crippen LogP) is 5.40. The van der Waals surface area contributed by atoms with Crippen molar-refractivity contribution < 1.29 is 4.74 Å². The van der Waals surface area contributed by atoms with Gasteiger partial charge in [-0.1, -0.05) is 53.7 Å². The van der Waals surface area contributed by atoms with Crippen LogP contribution in [0.4, 0.5) is 0 Å². The highest BCUT2D eigenvalue weighted by Gasteiger charge is 2.08. The molecule has 1 nitrogen and oxygen atoms in total. The van der Waals surface area contributed by atoms with E-state index in [4.69, 9.17) is 4.74 Å². The molecule has 1 aliphatic heterocycles. The highest BCUT2D eigenvalue weighted by molar-refractivity contribution is 5.38. The lowest BCUT2D eigenvalue weighted by atomic mass is 10.0. The topological polar surface area (TPSA) is 9.23 Å². The minimum Gasteiger partial charge on any atom is -0.493 e. The zero-order chi connectivity index (χ0) is 13.7. The van der Waals surface area contributed by atoms with Gasteiger partial charge in [0.05, 0.1) is 6.61 Å². The van der Waals surface area contributed by atoms with Crippen molar-refractivity contribution in [3.8, 4) is 5.75 Å². The van der Waals surface area contributed by atoms with Gasteiger partial charge >= 0.3 is 0 Å². The van der Waals surface area contributed by atoms with E-state index in [1.165, 1.54) is 17.5 Å². The van der Waals surface area contributed by atoms with E-state index < -0.39 is 0 Å². The molecule has 0 aliphatic carbocycles. The molecule has 2 rings (SSSR count). The van der Waals surface area contributed by atoms with E-state index >= 15 is 0 Å². The Labute approximate surface area is 108 Å². The standard InChI is InChI=1S/C10H12O.3C2H6/c1-8-4-5-9-3-2-6-11-10(9)7-8;3*1-2/h4-5,7H,2-3,6H2,1H3;3*1-2H3. The fraction of sp³-hybridized carbons (Fsp3) is 0.625. The first-order valence-corrected chi connectivity index (χ1v) is 7.08. The molecule has 0 bridgehead atoms. The fourth-order valence-corrected chi connectivity index (χ4v) is 1.45. The first kappa shape index (κ1) is 18.4. The van der Waals surface area contributed by atoms with Crippen LogP contribution in [0.15, 0.2) is 18.2 Å². The highest BCUT2D eigenvalue weighted by atomic mass is 16.5. The predicted molar refractivity (Wildman–Crippen MR) is 79.0 cm³/mol. The Morgan fingerprint density at radius 1 is 0.941 bits per heavy atom. The molecule has 1 aromatic carbocycles. The van der Waals surface area contributed by atoms with Crippen LogP contribution in [-0.2, 0) is 6.42 Å². The Morgan fingerprint density at radius 3 is 2.12 bits per heavy atom. The Hall–Kier alpha value is -0.980. The lowest BCUT2D eigenvalue weighted by Crippen LogP contribution is -2.07. The molecular weight excluding hydrogens is 208 g/mol. The summed E-state index contributed by atoms with van der Waals surface area (Å²) in [5.41, 5.74) is 2.65. The van der Waals surface area contributed by atoms with E-state index in [2.05, 4.69) is 25.1 Å². The summed E-state index contributed by atoms with van der Waals surface area (Å²) in [6.07, 6.45) is 2.34. The molecule has 1 aliphatic rings. The van der Waals surface area contributed by atoms with Crippen molar-refractivity contribution in [1.29, 1.82) is 0 Å². The van der Waals surface area contributed by atoms with Crippen molar-refractivity contribution in [3.05, 3.63) is 29.3 Å². The molecule has 0 fully saturated rings. The molecule has 0 radical (unpaired) electrons. The largest absolute Gasteiger partial charge is 0.493 e. The molecule has 0 amide bonds. The van der Waals surface area contributed by atoms with Gasteiger partial charge < -0.3 is 4.74 Å². The molecule has 100 valence electrons. The molecule has 0 saturated carbocycles. The van der Waals surface area contributed by atoms with Crippen LogP contribution in [0.2, 0.25) is 0 Å². The van der Waals surface area contributed by atoms with E-state index in [9.17, 15) is 0 Å². The van der Waals surface area contributed by atoms with Gasteiger partial charge in [0.25, 0.3) is 0 Å². The third kappa shape index (κ3) is 7.04. The average Bonchev–Trinajstić information content (AvgIpc) is 2.45. The van der Waals surface area contributed by atoms with Crippen LogP contribution < -0.4 is 4.74 Å². The number of fused-ring (bicyclic) bond motifs is 1. The van der Waals surface area contributed by atoms with Gasteiger partial charge in [0.1, 0.15) is 5.75 Å². The van der Waals surface area contributed by atoms with E-state index in [-0.39, 0.29) is 0 Å². The monoisotopic (exact) mass is 238 g/mol. The molecule has 0 spiro atoms. The average molecular weight is 238 g/mol. The third-order valence-corrected chi connectivity index (χ3v) is 2.07. The molecule has 0 aromatic heterocycles. The summed E-state index contributed by atoms with van der Waals surface area (Å²) in [6.45, 7) is 15.0. The first-order valence-electron chi connectivity index (χ1n) is 7.08. The zero-order valence-electron chi connectivity index (χ0n) is 12.8. The normalized spacial score (nSPS) is 11.0. The third-order valence-electron chi connectivity index (χ3n) is 2.07. The maximum absolute atomic E-state index is 5.50. The van der Waals surface area contributed by atoms with Gasteiger partial charge in [-0.05, 0) is 37.0 Å². The maximum atomic E-state index is 5.50. The van der Waals surface area contributed by atoms with Crippen LogP contribution in [-0.4, -0.2) is 6.61 Å². The molecule has 0 atom stereocenters. The Morgan fingerprint density at radius 2 is 1.53 bits per heavy atom. The summed E-state index contributed by atoms with van der Waals surface area (Å²) in [5, 5.41) is 0. The Kier molecular flexibility index (Phi) is 14.2. The van der Waals surface area contributed by atoms with Gasteiger partial charge in [0, 0.05) is 0 Å². The molecule has 0 N–H and O–H groups in total. The second-order valence-electron chi connectivity index (χ2n) is 3.06. The van der Waals surface area contributed by atoms with Gasteiger partial charge in [-0.2, -0.15) is 0 Å². The van der Waals surface area contributed by atoms with Crippen molar-refractivity contribution in [3.63, 3.8) is 0 Å². The summed E-state index contributed by atoms with van der Waals surface area (Å²) in [7, 11) is 0. The Balaban J connectivity index is 0. The smallest absolute Gasteiger partial charge is 0.122 e. The highest BCUT2D eigenvalue weighted by Crippen LogP contribution is 2.25. The quantitative estimate of drug-likeness (QED) is 0.588.